The third-order valence-corrected chi connectivity index (χ3v) is 6.73. The number of ketones is 1. The lowest BCUT2D eigenvalue weighted by Crippen LogP contribution is -2.17. The van der Waals surface area contributed by atoms with Crippen LogP contribution in [0.4, 0.5) is 0 Å². The molecule has 4 aromatic rings. The molecule has 0 radical (unpaired) electrons. The topological polar surface area (TPSA) is 56.5 Å². The number of ether oxygens (including phenoxy) is 1. The van der Waals surface area contributed by atoms with Crippen molar-refractivity contribution in [2.45, 2.75) is 47.0 Å². The minimum Gasteiger partial charge on any atom is -0.478 e. The lowest BCUT2D eigenvalue weighted by atomic mass is 9.86. The highest BCUT2D eigenvalue weighted by molar-refractivity contribution is 6.32. The van der Waals surface area contributed by atoms with Gasteiger partial charge in [0.05, 0.1) is 5.39 Å². The number of halogens is 1. The number of carbonyl (C=O) groups excluding carboxylic acids is 1. The van der Waals surface area contributed by atoms with Crippen molar-refractivity contribution < 1.29 is 13.9 Å². The van der Waals surface area contributed by atoms with Gasteiger partial charge in [-0.1, -0.05) is 68.8 Å². The van der Waals surface area contributed by atoms with Crippen molar-refractivity contribution in [2.24, 2.45) is 0 Å². The average Bonchev–Trinajstić information content (AvgIpc) is 2.81. The molecule has 0 bridgehead atoms. The van der Waals surface area contributed by atoms with Crippen molar-refractivity contribution in [1.82, 2.24) is 0 Å². The number of Topliss-reactive ketones (excluding diaryl/α,β-unsaturated/α-hetero) is 1. The summed E-state index contributed by atoms with van der Waals surface area (Å²) in [5.41, 5.74) is 5.34. The molecule has 0 amide bonds. The van der Waals surface area contributed by atoms with Crippen molar-refractivity contribution in [3.05, 3.63) is 97.7 Å². The predicted molar refractivity (Wildman–Crippen MR) is 142 cm³/mol. The molecule has 0 aliphatic rings. The first-order chi connectivity index (χ1) is 16.5. The Labute approximate surface area is 210 Å². The molecule has 0 aliphatic carbocycles. The van der Waals surface area contributed by atoms with E-state index in [0.717, 1.165) is 22.3 Å². The van der Waals surface area contributed by atoms with Gasteiger partial charge in [-0.05, 0) is 66.6 Å². The monoisotopic (exact) mass is 488 g/mol. The van der Waals surface area contributed by atoms with E-state index in [1.165, 1.54) is 0 Å². The Morgan fingerprint density at radius 1 is 0.914 bits per heavy atom. The summed E-state index contributed by atoms with van der Waals surface area (Å²) < 4.78 is 12.1. The largest absolute Gasteiger partial charge is 0.478 e. The van der Waals surface area contributed by atoms with Gasteiger partial charge in [0, 0.05) is 16.1 Å². The minimum absolute atomic E-state index is 0.00175. The zero-order valence-corrected chi connectivity index (χ0v) is 21.7. The van der Waals surface area contributed by atoms with E-state index in [-0.39, 0.29) is 34.7 Å². The maximum Gasteiger partial charge on any atom is 0.235 e. The van der Waals surface area contributed by atoms with Crippen LogP contribution in [0.3, 0.4) is 0 Å². The summed E-state index contributed by atoms with van der Waals surface area (Å²) in [5.74, 6) is 0.0687. The first-order valence-electron chi connectivity index (χ1n) is 11.6. The van der Waals surface area contributed by atoms with Gasteiger partial charge in [-0.15, -0.1) is 0 Å². The summed E-state index contributed by atoms with van der Waals surface area (Å²) in [7, 11) is 0. The summed E-state index contributed by atoms with van der Waals surface area (Å²) in [6, 6.07) is 16.7. The second kappa shape index (κ2) is 9.35. The van der Waals surface area contributed by atoms with E-state index < -0.39 is 0 Å². The van der Waals surface area contributed by atoms with Crippen LogP contribution in [0.2, 0.25) is 5.02 Å². The third-order valence-electron chi connectivity index (χ3n) is 6.32. The summed E-state index contributed by atoms with van der Waals surface area (Å²) in [6.07, 6.45) is 0. The van der Waals surface area contributed by atoms with Crippen molar-refractivity contribution in [3.8, 4) is 17.1 Å². The number of aryl methyl sites for hydroxylation is 3. The number of hydrogen-bond donors (Lipinski definition) is 0. The number of hydrogen-bond acceptors (Lipinski definition) is 4. The molecule has 4 rings (SSSR count). The normalized spacial score (nSPS) is 11.6. The quantitative estimate of drug-likeness (QED) is 0.271. The summed E-state index contributed by atoms with van der Waals surface area (Å²) in [6.45, 7) is 11.9. The van der Waals surface area contributed by atoms with Crippen LogP contribution in [-0.2, 0) is 5.41 Å². The minimum atomic E-state index is -0.365. The number of fused-ring (bicyclic) bond motifs is 1. The van der Waals surface area contributed by atoms with Crippen LogP contribution in [0.5, 0.6) is 5.75 Å². The van der Waals surface area contributed by atoms with Gasteiger partial charge in [-0.25, -0.2) is 0 Å². The van der Waals surface area contributed by atoms with Crippen LogP contribution in [0.1, 0.15) is 53.4 Å². The third kappa shape index (κ3) is 5.03. The van der Waals surface area contributed by atoms with Gasteiger partial charge in [0.1, 0.15) is 5.58 Å². The second-order valence-corrected chi connectivity index (χ2v) is 10.4. The summed E-state index contributed by atoms with van der Waals surface area (Å²) in [4.78, 5) is 26.4. The first kappa shape index (κ1) is 24.7. The number of benzene rings is 3. The second-order valence-electron chi connectivity index (χ2n) is 10.0. The van der Waals surface area contributed by atoms with E-state index in [1.807, 2.05) is 57.2 Å². The molecule has 0 saturated heterocycles. The van der Waals surface area contributed by atoms with E-state index >= 15 is 0 Å². The lowest BCUT2D eigenvalue weighted by Gasteiger charge is -2.19. The molecule has 0 unspecified atom stereocenters. The summed E-state index contributed by atoms with van der Waals surface area (Å²) >= 11 is 6.29. The maximum absolute atomic E-state index is 13.5. The SMILES string of the molecule is Cc1ccc(C(=O)COc2c(-c3ccc(C(C)(C)C)cc3)oc3cc(C)c(Cl)cc3c2=O)cc1C. The molecule has 0 spiro atoms. The van der Waals surface area contributed by atoms with Gasteiger partial charge in [0.15, 0.2) is 18.2 Å². The standard InChI is InChI=1S/C30H29ClO4/c1-17-7-8-21(13-18(17)2)25(32)16-34-29-27(33)23-15-24(31)19(3)14-26(23)35-28(29)20-9-11-22(12-10-20)30(4,5)6/h7-15H,16H2,1-6H3. The van der Waals surface area contributed by atoms with E-state index in [4.69, 9.17) is 20.8 Å². The predicted octanol–water partition coefficient (Wildman–Crippen LogP) is 7.60. The highest BCUT2D eigenvalue weighted by Gasteiger charge is 2.21. The van der Waals surface area contributed by atoms with Crippen LogP contribution in [0, 0.1) is 20.8 Å². The Hall–Kier alpha value is -3.37. The molecular formula is C30H29ClO4. The smallest absolute Gasteiger partial charge is 0.235 e. The molecule has 0 N–H and O–H groups in total. The molecule has 1 heterocycles. The average molecular weight is 489 g/mol. The van der Waals surface area contributed by atoms with Crippen LogP contribution in [0.15, 0.2) is 63.8 Å². The molecule has 0 fully saturated rings. The Bertz CT molecular complexity index is 1490. The first-order valence-corrected chi connectivity index (χ1v) is 11.9. The van der Waals surface area contributed by atoms with E-state index in [2.05, 4.69) is 20.8 Å². The molecule has 0 saturated carbocycles. The van der Waals surface area contributed by atoms with E-state index in [1.54, 1.807) is 18.2 Å². The molecule has 5 heteroatoms. The van der Waals surface area contributed by atoms with E-state index in [0.29, 0.717) is 27.1 Å². The molecular weight excluding hydrogens is 460 g/mol. The van der Waals surface area contributed by atoms with Gasteiger partial charge >= 0.3 is 0 Å². The molecule has 0 atom stereocenters. The molecule has 1 aromatic heterocycles. The fraction of sp³-hybridized carbons (Fsp3) is 0.267. The van der Waals surface area contributed by atoms with Crippen molar-refractivity contribution >= 4 is 28.4 Å². The van der Waals surface area contributed by atoms with E-state index in [9.17, 15) is 9.59 Å². The van der Waals surface area contributed by atoms with Crippen molar-refractivity contribution in [3.63, 3.8) is 0 Å². The maximum atomic E-state index is 13.5. The van der Waals surface area contributed by atoms with Crippen molar-refractivity contribution in [1.29, 1.82) is 0 Å². The van der Waals surface area contributed by atoms with Crippen LogP contribution >= 0.6 is 11.6 Å². The highest BCUT2D eigenvalue weighted by Crippen LogP contribution is 2.34. The molecule has 3 aromatic carbocycles. The zero-order valence-electron chi connectivity index (χ0n) is 20.9. The van der Waals surface area contributed by atoms with Gasteiger partial charge in [-0.3, -0.25) is 9.59 Å². The van der Waals surface area contributed by atoms with Crippen molar-refractivity contribution in [2.75, 3.05) is 6.61 Å². The molecule has 35 heavy (non-hydrogen) atoms. The number of rotatable bonds is 5. The fourth-order valence-electron chi connectivity index (χ4n) is 3.88. The Morgan fingerprint density at radius 3 is 2.23 bits per heavy atom. The fourth-order valence-corrected chi connectivity index (χ4v) is 4.04. The molecule has 0 aliphatic heterocycles. The lowest BCUT2D eigenvalue weighted by molar-refractivity contribution is 0.0920. The Morgan fingerprint density at radius 2 is 1.60 bits per heavy atom. The summed E-state index contributed by atoms with van der Waals surface area (Å²) in [5, 5.41) is 0.772. The Balaban J connectivity index is 1.80. The van der Waals surface area contributed by atoms with Crippen LogP contribution in [0.25, 0.3) is 22.3 Å². The molecule has 4 nitrogen and oxygen atoms in total. The number of carbonyl (C=O) groups is 1. The van der Waals surface area contributed by atoms with Crippen LogP contribution < -0.4 is 10.2 Å². The van der Waals surface area contributed by atoms with Crippen LogP contribution in [-0.4, -0.2) is 12.4 Å². The molecule has 180 valence electrons. The highest BCUT2D eigenvalue weighted by atomic mass is 35.5. The van der Waals surface area contributed by atoms with Gasteiger partial charge < -0.3 is 9.15 Å². The van der Waals surface area contributed by atoms with Gasteiger partial charge in [0.25, 0.3) is 0 Å². The zero-order chi connectivity index (χ0) is 25.5. The Kier molecular flexibility index (Phi) is 6.61. The van der Waals surface area contributed by atoms with Gasteiger partial charge in [-0.2, -0.15) is 0 Å². The van der Waals surface area contributed by atoms with Gasteiger partial charge in [0.2, 0.25) is 11.2 Å².